The smallest absolute Gasteiger partial charge is 0.313 e. The number of benzene rings is 1. The molecule has 1 saturated heterocycles. The van der Waals surface area contributed by atoms with Crippen molar-refractivity contribution in [1.82, 2.24) is 15.2 Å². The lowest BCUT2D eigenvalue weighted by molar-refractivity contribution is -0.136. The van der Waals surface area contributed by atoms with Crippen molar-refractivity contribution in [3.63, 3.8) is 0 Å². The molecule has 156 valence electrons. The third-order valence-electron chi connectivity index (χ3n) is 5.17. The minimum absolute atomic E-state index is 0.0147. The number of hydrogen-bond donors (Lipinski definition) is 2. The Morgan fingerprint density at radius 3 is 2.77 bits per heavy atom. The van der Waals surface area contributed by atoms with Crippen LogP contribution in [0.3, 0.4) is 0 Å². The van der Waals surface area contributed by atoms with Crippen molar-refractivity contribution in [2.75, 3.05) is 38.2 Å². The Morgan fingerprint density at radius 2 is 2.00 bits per heavy atom. The van der Waals surface area contributed by atoms with Gasteiger partial charge >= 0.3 is 11.8 Å². The summed E-state index contributed by atoms with van der Waals surface area (Å²) < 4.78 is 5.45. The van der Waals surface area contributed by atoms with Crippen LogP contribution in [0.25, 0.3) is 10.9 Å². The lowest BCUT2D eigenvalue weighted by Gasteiger charge is -2.34. The van der Waals surface area contributed by atoms with Gasteiger partial charge in [0.25, 0.3) is 0 Å². The van der Waals surface area contributed by atoms with Crippen LogP contribution in [0.1, 0.15) is 17.3 Å². The zero-order valence-electron chi connectivity index (χ0n) is 16.8. The van der Waals surface area contributed by atoms with Gasteiger partial charge in [-0.05, 0) is 41.4 Å². The van der Waals surface area contributed by atoms with Gasteiger partial charge in [0.1, 0.15) is 0 Å². The molecule has 1 fully saturated rings. The molecule has 0 spiro atoms. The summed E-state index contributed by atoms with van der Waals surface area (Å²) in [7, 11) is 0. The SMILES string of the molecule is Cc1cc(NC(=O)C(=O)NC[C@@H](c2ccsc2)N2CCOCC2)c2ccccc2n1. The van der Waals surface area contributed by atoms with Gasteiger partial charge in [0.2, 0.25) is 0 Å². The summed E-state index contributed by atoms with van der Waals surface area (Å²) in [6.45, 7) is 5.15. The molecule has 1 atom stereocenters. The molecule has 3 aromatic rings. The molecular weight excluding hydrogens is 400 g/mol. The second kappa shape index (κ2) is 9.34. The molecular formula is C22H24N4O3S. The number of pyridine rings is 1. The molecule has 1 aliphatic heterocycles. The van der Waals surface area contributed by atoms with Gasteiger partial charge in [-0.1, -0.05) is 18.2 Å². The number of anilines is 1. The average Bonchev–Trinajstić information content (AvgIpc) is 3.29. The number of nitrogens with one attached hydrogen (secondary N) is 2. The highest BCUT2D eigenvalue weighted by Crippen LogP contribution is 2.24. The van der Waals surface area contributed by atoms with E-state index in [0.29, 0.717) is 25.4 Å². The largest absolute Gasteiger partial charge is 0.379 e. The van der Waals surface area contributed by atoms with E-state index in [0.717, 1.165) is 35.2 Å². The Balaban J connectivity index is 1.43. The minimum Gasteiger partial charge on any atom is -0.379 e. The Kier molecular flexibility index (Phi) is 6.37. The minimum atomic E-state index is -0.684. The van der Waals surface area contributed by atoms with Crippen LogP contribution in [0.5, 0.6) is 0 Å². The van der Waals surface area contributed by atoms with E-state index < -0.39 is 11.8 Å². The van der Waals surface area contributed by atoms with Crippen LogP contribution in [0.15, 0.2) is 47.2 Å². The van der Waals surface area contributed by atoms with E-state index >= 15 is 0 Å². The molecule has 4 rings (SSSR count). The van der Waals surface area contributed by atoms with Crippen LogP contribution in [0.4, 0.5) is 5.69 Å². The average molecular weight is 425 g/mol. The molecule has 0 saturated carbocycles. The number of nitrogens with zero attached hydrogens (tertiary/aromatic N) is 2. The second-order valence-corrected chi connectivity index (χ2v) is 7.99. The first-order valence-corrected chi connectivity index (χ1v) is 10.9. The van der Waals surface area contributed by atoms with Crippen molar-refractivity contribution < 1.29 is 14.3 Å². The van der Waals surface area contributed by atoms with Crippen LogP contribution in [0.2, 0.25) is 0 Å². The van der Waals surface area contributed by atoms with E-state index in [1.165, 1.54) is 0 Å². The molecule has 1 aromatic carbocycles. The van der Waals surface area contributed by atoms with Crippen molar-refractivity contribution in [3.8, 4) is 0 Å². The van der Waals surface area contributed by atoms with E-state index in [-0.39, 0.29) is 6.04 Å². The second-order valence-electron chi connectivity index (χ2n) is 7.21. The van der Waals surface area contributed by atoms with Crippen LogP contribution in [0, 0.1) is 6.92 Å². The molecule has 7 nitrogen and oxygen atoms in total. The van der Waals surface area contributed by atoms with Crippen molar-refractivity contribution >= 4 is 39.7 Å². The van der Waals surface area contributed by atoms with Gasteiger partial charge in [-0.3, -0.25) is 19.5 Å². The molecule has 2 N–H and O–H groups in total. The first kappa shape index (κ1) is 20.5. The van der Waals surface area contributed by atoms with E-state index in [1.54, 1.807) is 17.4 Å². The number of ether oxygens (including phenoxy) is 1. The Morgan fingerprint density at radius 1 is 1.20 bits per heavy atom. The zero-order chi connectivity index (χ0) is 20.9. The number of amides is 2. The van der Waals surface area contributed by atoms with Crippen LogP contribution < -0.4 is 10.6 Å². The molecule has 0 aliphatic carbocycles. The highest BCUT2D eigenvalue weighted by atomic mass is 32.1. The standard InChI is InChI=1S/C22H24N4O3S/c1-15-12-19(17-4-2-3-5-18(17)24-15)25-22(28)21(27)23-13-20(16-6-11-30-14-16)26-7-9-29-10-8-26/h2-6,11-12,14,20H,7-10,13H2,1H3,(H,23,27)(H,24,25,28)/t20-/m0/s1. The van der Waals surface area contributed by atoms with Gasteiger partial charge in [-0.15, -0.1) is 0 Å². The van der Waals surface area contributed by atoms with Crippen LogP contribution >= 0.6 is 11.3 Å². The summed E-state index contributed by atoms with van der Waals surface area (Å²) in [5.41, 5.74) is 3.27. The third-order valence-corrected chi connectivity index (χ3v) is 5.87. The summed E-state index contributed by atoms with van der Waals surface area (Å²) in [5, 5.41) is 10.5. The summed E-state index contributed by atoms with van der Waals surface area (Å²) >= 11 is 1.62. The van der Waals surface area contributed by atoms with Crippen molar-refractivity contribution in [2.45, 2.75) is 13.0 Å². The molecule has 0 bridgehead atoms. The Bertz CT molecular complexity index is 1030. The molecule has 2 amide bonds. The maximum atomic E-state index is 12.6. The van der Waals surface area contributed by atoms with Crippen molar-refractivity contribution in [1.29, 1.82) is 0 Å². The Hall–Kier alpha value is -2.81. The predicted octanol–water partition coefficient (Wildman–Crippen LogP) is 2.73. The molecule has 2 aromatic heterocycles. The van der Waals surface area contributed by atoms with Gasteiger partial charge in [0.05, 0.1) is 30.5 Å². The number of aromatic nitrogens is 1. The van der Waals surface area contributed by atoms with Gasteiger partial charge in [0, 0.05) is 30.7 Å². The molecule has 8 heteroatoms. The highest BCUT2D eigenvalue weighted by molar-refractivity contribution is 7.08. The molecule has 0 unspecified atom stereocenters. The normalized spacial score (nSPS) is 15.6. The number of carbonyl (C=O) groups excluding carboxylic acids is 2. The quantitative estimate of drug-likeness (QED) is 0.616. The fraction of sp³-hybridized carbons (Fsp3) is 0.318. The van der Waals surface area contributed by atoms with Gasteiger partial charge in [0.15, 0.2) is 0 Å². The van der Waals surface area contributed by atoms with Crippen molar-refractivity contribution in [2.24, 2.45) is 0 Å². The number of carbonyl (C=O) groups is 2. The first-order chi connectivity index (χ1) is 14.6. The fourth-order valence-electron chi connectivity index (χ4n) is 3.67. The van der Waals surface area contributed by atoms with Gasteiger partial charge in [-0.2, -0.15) is 11.3 Å². The highest BCUT2D eigenvalue weighted by Gasteiger charge is 2.25. The number of aryl methyl sites for hydroxylation is 1. The number of morpholine rings is 1. The Labute approximate surface area is 179 Å². The van der Waals surface area contributed by atoms with Gasteiger partial charge in [-0.25, -0.2) is 0 Å². The summed E-state index contributed by atoms with van der Waals surface area (Å²) in [6.07, 6.45) is 0. The van der Waals surface area contributed by atoms with E-state index in [9.17, 15) is 9.59 Å². The summed E-state index contributed by atoms with van der Waals surface area (Å²) in [4.78, 5) is 31.9. The number of fused-ring (bicyclic) bond motifs is 1. The van der Waals surface area contributed by atoms with Crippen LogP contribution in [-0.2, 0) is 14.3 Å². The van der Waals surface area contributed by atoms with Crippen molar-refractivity contribution in [3.05, 3.63) is 58.4 Å². The van der Waals surface area contributed by atoms with E-state index in [2.05, 4.69) is 32.0 Å². The third kappa shape index (κ3) is 4.67. The first-order valence-electron chi connectivity index (χ1n) is 9.91. The molecule has 0 radical (unpaired) electrons. The zero-order valence-corrected chi connectivity index (χ0v) is 17.6. The molecule has 1 aliphatic rings. The lowest BCUT2D eigenvalue weighted by atomic mass is 10.1. The monoisotopic (exact) mass is 424 g/mol. The number of rotatable bonds is 5. The molecule has 30 heavy (non-hydrogen) atoms. The maximum Gasteiger partial charge on any atom is 0.313 e. The number of para-hydroxylation sites is 1. The topological polar surface area (TPSA) is 83.6 Å². The number of hydrogen-bond acceptors (Lipinski definition) is 6. The maximum absolute atomic E-state index is 12.6. The fourth-order valence-corrected chi connectivity index (χ4v) is 4.38. The van der Waals surface area contributed by atoms with Gasteiger partial charge < -0.3 is 15.4 Å². The van der Waals surface area contributed by atoms with E-state index in [1.807, 2.05) is 36.6 Å². The number of thiophene rings is 1. The van der Waals surface area contributed by atoms with Crippen LogP contribution in [-0.4, -0.2) is 54.5 Å². The molecule has 3 heterocycles. The summed E-state index contributed by atoms with van der Waals surface area (Å²) in [6, 6.07) is 11.4. The van der Waals surface area contributed by atoms with E-state index in [4.69, 9.17) is 4.74 Å². The lowest BCUT2D eigenvalue weighted by Crippen LogP contribution is -2.45. The summed E-state index contributed by atoms with van der Waals surface area (Å²) in [5.74, 6) is -1.33. The predicted molar refractivity (Wildman–Crippen MR) is 118 cm³/mol.